The van der Waals surface area contributed by atoms with E-state index in [-0.39, 0.29) is 5.97 Å². The van der Waals surface area contributed by atoms with Crippen molar-refractivity contribution in [3.8, 4) is 0 Å². The van der Waals surface area contributed by atoms with Gasteiger partial charge >= 0.3 is 5.97 Å². The molecule has 0 fully saturated rings. The Balaban J connectivity index is 2.12. The zero-order valence-corrected chi connectivity index (χ0v) is 13.8. The maximum absolute atomic E-state index is 11.5. The lowest BCUT2D eigenvalue weighted by molar-refractivity contribution is -0.203. The molecule has 0 N–H and O–H groups in total. The molecule has 0 spiro atoms. The highest BCUT2D eigenvalue weighted by molar-refractivity contribution is 9.10. The Hall–Kier alpha value is -1.81. The quantitative estimate of drug-likeness (QED) is 0.591. The second-order valence-corrected chi connectivity index (χ2v) is 6.11. The van der Waals surface area contributed by atoms with Crippen LogP contribution in [0.25, 0.3) is 6.08 Å². The molecule has 1 aromatic carbocycles. The predicted molar refractivity (Wildman–Crippen MR) is 86.3 cm³/mol. The van der Waals surface area contributed by atoms with Gasteiger partial charge in [-0.2, -0.15) is 0 Å². The van der Waals surface area contributed by atoms with E-state index < -0.39 is 5.79 Å². The minimum atomic E-state index is -0.926. The number of carbonyl (C=O) groups is 1. The summed E-state index contributed by atoms with van der Waals surface area (Å²) in [7, 11) is 0. The molecule has 110 valence electrons. The lowest BCUT2D eigenvalue weighted by atomic mass is 10.1. The van der Waals surface area contributed by atoms with Crippen molar-refractivity contribution in [3.05, 3.63) is 63.9 Å². The summed E-state index contributed by atoms with van der Waals surface area (Å²) in [5.41, 5.74) is 1.96. The SMILES string of the molecule is CC(=CC=Cc1cccc(Br)c1)C1=CC(=O)OC(C)(C)O1. The summed E-state index contributed by atoms with van der Waals surface area (Å²) < 4.78 is 11.7. The van der Waals surface area contributed by atoms with Gasteiger partial charge in [0.25, 0.3) is 0 Å². The van der Waals surface area contributed by atoms with Gasteiger partial charge in [0.1, 0.15) is 5.76 Å². The van der Waals surface area contributed by atoms with Crippen molar-refractivity contribution in [1.29, 1.82) is 0 Å². The second-order valence-electron chi connectivity index (χ2n) is 5.20. The van der Waals surface area contributed by atoms with E-state index in [1.165, 1.54) is 6.08 Å². The highest BCUT2D eigenvalue weighted by Gasteiger charge is 2.30. The second kappa shape index (κ2) is 6.31. The van der Waals surface area contributed by atoms with Gasteiger partial charge in [-0.1, -0.05) is 46.3 Å². The van der Waals surface area contributed by atoms with Crippen LogP contribution in [0.4, 0.5) is 0 Å². The van der Waals surface area contributed by atoms with Gasteiger partial charge < -0.3 is 9.47 Å². The molecule has 0 aromatic heterocycles. The molecule has 3 nitrogen and oxygen atoms in total. The Morgan fingerprint density at radius 3 is 2.71 bits per heavy atom. The van der Waals surface area contributed by atoms with E-state index in [2.05, 4.69) is 15.9 Å². The third-order valence-corrected chi connectivity index (χ3v) is 3.32. The number of hydrogen-bond donors (Lipinski definition) is 0. The fraction of sp³-hybridized carbons (Fsp3) is 0.235. The molecular weight excluding hydrogens is 332 g/mol. The van der Waals surface area contributed by atoms with Gasteiger partial charge in [0.2, 0.25) is 5.79 Å². The molecule has 0 radical (unpaired) electrons. The molecule has 0 amide bonds. The van der Waals surface area contributed by atoms with Crippen molar-refractivity contribution in [2.45, 2.75) is 26.6 Å². The van der Waals surface area contributed by atoms with Crippen LogP contribution in [0.3, 0.4) is 0 Å². The van der Waals surface area contributed by atoms with E-state index in [1.54, 1.807) is 13.8 Å². The molecule has 0 bridgehead atoms. The normalized spacial score (nSPS) is 18.2. The van der Waals surface area contributed by atoms with Crippen molar-refractivity contribution < 1.29 is 14.3 Å². The lowest BCUT2D eigenvalue weighted by Crippen LogP contribution is -2.34. The number of benzene rings is 1. The van der Waals surface area contributed by atoms with Gasteiger partial charge in [0.05, 0.1) is 6.08 Å². The zero-order chi connectivity index (χ0) is 15.5. The highest BCUT2D eigenvalue weighted by atomic mass is 79.9. The minimum absolute atomic E-state index is 0.384. The summed E-state index contributed by atoms with van der Waals surface area (Å²) in [5.74, 6) is -0.773. The predicted octanol–water partition coefficient (Wildman–Crippen LogP) is 4.60. The number of halogens is 1. The number of ether oxygens (including phenoxy) is 2. The summed E-state index contributed by atoms with van der Waals surface area (Å²) in [6, 6.07) is 8.00. The summed E-state index contributed by atoms with van der Waals surface area (Å²) in [4.78, 5) is 11.5. The first-order chi connectivity index (χ1) is 9.85. The number of hydrogen-bond acceptors (Lipinski definition) is 3. The minimum Gasteiger partial charge on any atom is -0.452 e. The highest BCUT2D eigenvalue weighted by Crippen LogP contribution is 2.26. The molecule has 0 saturated heterocycles. The molecule has 0 saturated carbocycles. The van der Waals surface area contributed by atoms with E-state index in [0.29, 0.717) is 5.76 Å². The van der Waals surface area contributed by atoms with Crippen LogP contribution in [0.2, 0.25) is 0 Å². The van der Waals surface area contributed by atoms with Crippen LogP contribution < -0.4 is 0 Å². The van der Waals surface area contributed by atoms with Gasteiger partial charge in [-0.15, -0.1) is 0 Å². The Kier molecular flexibility index (Phi) is 4.68. The standard InChI is InChI=1S/C17H17BrO3/c1-12(15-11-16(19)21-17(2,3)20-15)6-4-7-13-8-5-9-14(18)10-13/h4-11H,1-3H3. The topological polar surface area (TPSA) is 35.5 Å². The van der Waals surface area contributed by atoms with Crippen molar-refractivity contribution >= 4 is 28.0 Å². The molecule has 0 unspecified atom stereocenters. The molecule has 4 heteroatoms. The third kappa shape index (κ3) is 4.60. The number of carbonyl (C=O) groups excluding carboxylic acids is 1. The monoisotopic (exact) mass is 348 g/mol. The van der Waals surface area contributed by atoms with Crippen LogP contribution >= 0.6 is 15.9 Å². The van der Waals surface area contributed by atoms with Crippen molar-refractivity contribution in [2.75, 3.05) is 0 Å². The molecular formula is C17H17BrO3. The maximum Gasteiger partial charge on any atom is 0.337 e. The maximum atomic E-state index is 11.5. The van der Waals surface area contributed by atoms with Gasteiger partial charge in [-0.25, -0.2) is 4.79 Å². The zero-order valence-electron chi connectivity index (χ0n) is 12.2. The Morgan fingerprint density at radius 1 is 1.29 bits per heavy atom. The first-order valence-electron chi connectivity index (χ1n) is 6.60. The van der Waals surface area contributed by atoms with E-state index in [9.17, 15) is 4.79 Å². The fourth-order valence-electron chi connectivity index (χ4n) is 1.88. The molecule has 1 aliphatic heterocycles. The molecule has 1 aromatic rings. The van der Waals surface area contributed by atoms with E-state index in [1.807, 2.05) is 49.4 Å². The molecule has 0 atom stereocenters. The van der Waals surface area contributed by atoms with Gasteiger partial charge in [-0.05, 0) is 30.2 Å². The summed E-state index contributed by atoms with van der Waals surface area (Å²) in [6.45, 7) is 5.32. The summed E-state index contributed by atoms with van der Waals surface area (Å²) in [5, 5.41) is 0. The smallest absolute Gasteiger partial charge is 0.337 e. The van der Waals surface area contributed by atoms with Crippen LogP contribution in [0, 0.1) is 0 Å². The largest absolute Gasteiger partial charge is 0.452 e. The molecule has 0 aliphatic carbocycles. The first-order valence-corrected chi connectivity index (χ1v) is 7.40. The van der Waals surface area contributed by atoms with Crippen LogP contribution in [0.5, 0.6) is 0 Å². The lowest BCUT2D eigenvalue weighted by Gasteiger charge is -2.30. The molecule has 2 rings (SSSR count). The number of rotatable bonds is 3. The van der Waals surface area contributed by atoms with Gasteiger partial charge in [-0.3, -0.25) is 0 Å². The Morgan fingerprint density at radius 2 is 2.05 bits per heavy atom. The van der Waals surface area contributed by atoms with E-state index in [0.717, 1.165) is 15.6 Å². The van der Waals surface area contributed by atoms with Gasteiger partial charge in [0.15, 0.2) is 0 Å². The first kappa shape index (κ1) is 15.6. The summed E-state index contributed by atoms with van der Waals surface area (Å²) >= 11 is 3.43. The van der Waals surface area contributed by atoms with Crippen LogP contribution in [-0.4, -0.2) is 11.8 Å². The van der Waals surface area contributed by atoms with Gasteiger partial charge in [0, 0.05) is 18.3 Å². The third-order valence-electron chi connectivity index (χ3n) is 2.82. The van der Waals surface area contributed by atoms with Crippen LogP contribution in [0.15, 0.2) is 58.3 Å². The molecule has 21 heavy (non-hydrogen) atoms. The fourth-order valence-corrected chi connectivity index (χ4v) is 2.30. The Labute approximate surface area is 133 Å². The number of esters is 1. The van der Waals surface area contributed by atoms with Crippen molar-refractivity contribution in [1.82, 2.24) is 0 Å². The van der Waals surface area contributed by atoms with E-state index >= 15 is 0 Å². The number of allylic oxidation sites excluding steroid dienone is 3. The average molecular weight is 349 g/mol. The summed E-state index contributed by atoms with van der Waals surface area (Å²) in [6.07, 6.45) is 7.18. The molecule has 1 aliphatic rings. The number of cyclic esters (lactones) is 1. The van der Waals surface area contributed by atoms with Crippen LogP contribution in [0.1, 0.15) is 26.3 Å². The van der Waals surface area contributed by atoms with E-state index in [4.69, 9.17) is 9.47 Å². The van der Waals surface area contributed by atoms with Crippen LogP contribution in [-0.2, 0) is 14.3 Å². The van der Waals surface area contributed by atoms with Crippen molar-refractivity contribution in [2.24, 2.45) is 0 Å². The average Bonchev–Trinajstić information content (AvgIpc) is 2.36. The van der Waals surface area contributed by atoms with Crippen molar-refractivity contribution in [3.63, 3.8) is 0 Å². The molecule has 1 heterocycles. The Bertz CT molecular complexity index is 639.